The molecule has 0 saturated heterocycles. The number of fused-ring (bicyclic) bond motifs is 1. The predicted octanol–water partition coefficient (Wildman–Crippen LogP) is 4.36. The Balaban J connectivity index is 1.72. The first-order chi connectivity index (χ1) is 14.8. The van der Waals surface area contributed by atoms with Gasteiger partial charge in [-0.25, -0.2) is 9.18 Å². The second-order valence-electron chi connectivity index (χ2n) is 6.66. The van der Waals surface area contributed by atoms with Crippen LogP contribution < -0.4 is 16.6 Å². The average Bonchev–Trinajstić information content (AvgIpc) is 3.22. The Labute approximate surface area is 189 Å². The molecule has 1 N–H and O–H groups in total. The molecule has 6 nitrogen and oxygen atoms in total. The molecule has 10 heteroatoms. The van der Waals surface area contributed by atoms with E-state index in [4.69, 9.17) is 23.2 Å². The Morgan fingerprint density at radius 3 is 2.55 bits per heavy atom. The fourth-order valence-corrected chi connectivity index (χ4v) is 4.28. The molecule has 2 aromatic carbocycles. The first-order valence-electron chi connectivity index (χ1n) is 9.04. The molecule has 4 rings (SSSR count). The molecule has 2 aromatic heterocycles. The van der Waals surface area contributed by atoms with Gasteiger partial charge in [0.25, 0.3) is 5.56 Å². The van der Waals surface area contributed by atoms with Gasteiger partial charge in [-0.1, -0.05) is 41.4 Å². The van der Waals surface area contributed by atoms with E-state index in [1.54, 1.807) is 23.6 Å². The number of anilines is 1. The van der Waals surface area contributed by atoms with Crippen molar-refractivity contribution < 1.29 is 9.18 Å². The van der Waals surface area contributed by atoms with Crippen molar-refractivity contribution in [3.63, 3.8) is 0 Å². The molecule has 0 saturated carbocycles. The minimum atomic E-state index is -0.705. The standard InChI is InChI=1S/C21H14Cl2FN3O3S/c22-14-6-5-13(9-15(14)23)25-18(28)11-26-17-7-8-31-19(17)20(29)27(21(26)30)10-12-3-1-2-4-16(12)24/h1-9H,10-11H2,(H,25,28). The molecule has 0 spiro atoms. The third-order valence-corrected chi connectivity index (χ3v) is 6.26. The van der Waals surface area contributed by atoms with Crippen LogP contribution in [0.3, 0.4) is 0 Å². The van der Waals surface area contributed by atoms with Crippen LogP contribution in [0.2, 0.25) is 10.0 Å². The highest BCUT2D eigenvalue weighted by atomic mass is 35.5. The number of thiophene rings is 1. The van der Waals surface area contributed by atoms with Gasteiger partial charge >= 0.3 is 5.69 Å². The summed E-state index contributed by atoms with van der Waals surface area (Å²) >= 11 is 13.0. The number of halogens is 3. The van der Waals surface area contributed by atoms with Crippen molar-refractivity contribution in [3.8, 4) is 0 Å². The molecule has 0 radical (unpaired) electrons. The van der Waals surface area contributed by atoms with Crippen molar-refractivity contribution in [2.45, 2.75) is 13.1 Å². The number of carbonyl (C=O) groups excluding carboxylic acids is 1. The van der Waals surface area contributed by atoms with E-state index in [2.05, 4.69) is 5.32 Å². The first kappa shape index (κ1) is 21.3. The maximum atomic E-state index is 14.1. The molecule has 158 valence electrons. The van der Waals surface area contributed by atoms with E-state index in [-0.39, 0.29) is 23.7 Å². The maximum Gasteiger partial charge on any atom is 0.332 e. The number of rotatable bonds is 5. The molecule has 0 aliphatic rings. The molecule has 0 aliphatic heterocycles. The monoisotopic (exact) mass is 477 g/mol. The number of aromatic nitrogens is 2. The number of hydrogen-bond donors (Lipinski definition) is 1. The van der Waals surface area contributed by atoms with Crippen LogP contribution in [0.25, 0.3) is 10.2 Å². The van der Waals surface area contributed by atoms with Gasteiger partial charge in [0.05, 0.1) is 22.1 Å². The molecule has 0 unspecified atom stereocenters. The largest absolute Gasteiger partial charge is 0.332 e. The lowest BCUT2D eigenvalue weighted by Gasteiger charge is -2.13. The van der Waals surface area contributed by atoms with Gasteiger partial charge in [-0.05, 0) is 35.7 Å². The Bertz CT molecular complexity index is 1430. The molecule has 31 heavy (non-hydrogen) atoms. The Morgan fingerprint density at radius 2 is 1.81 bits per heavy atom. The number of nitrogens with one attached hydrogen (secondary N) is 1. The van der Waals surface area contributed by atoms with E-state index in [1.807, 2.05) is 0 Å². The normalized spacial score (nSPS) is 11.1. The molecular weight excluding hydrogens is 464 g/mol. The highest BCUT2D eigenvalue weighted by molar-refractivity contribution is 7.17. The van der Waals surface area contributed by atoms with Crippen LogP contribution in [-0.4, -0.2) is 15.0 Å². The van der Waals surface area contributed by atoms with E-state index in [0.717, 1.165) is 15.9 Å². The number of benzene rings is 2. The predicted molar refractivity (Wildman–Crippen MR) is 121 cm³/mol. The third-order valence-electron chi connectivity index (χ3n) is 4.63. The van der Waals surface area contributed by atoms with Gasteiger partial charge in [0, 0.05) is 11.3 Å². The lowest BCUT2D eigenvalue weighted by atomic mass is 10.2. The minimum absolute atomic E-state index is 0.199. The summed E-state index contributed by atoms with van der Waals surface area (Å²) in [6, 6.07) is 12.1. The van der Waals surface area contributed by atoms with Crippen molar-refractivity contribution in [1.29, 1.82) is 0 Å². The summed E-state index contributed by atoms with van der Waals surface area (Å²) in [5.41, 5.74) is -0.282. The SMILES string of the molecule is O=C(Cn1c(=O)n(Cc2ccccc2F)c(=O)c2sccc21)Nc1ccc(Cl)c(Cl)c1. The fourth-order valence-electron chi connectivity index (χ4n) is 3.14. The van der Waals surface area contributed by atoms with Gasteiger partial charge in [-0.15, -0.1) is 11.3 Å². The van der Waals surface area contributed by atoms with Crippen LogP contribution >= 0.6 is 34.5 Å². The van der Waals surface area contributed by atoms with E-state index in [0.29, 0.717) is 20.9 Å². The summed E-state index contributed by atoms with van der Waals surface area (Å²) in [6.45, 7) is -0.587. The third kappa shape index (κ3) is 4.27. The average molecular weight is 478 g/mol. The molecule has 0 fully saturated rings. The van der Waals surface area contributed by atoms with Gasteiger partial charge in [-0.3, -0.25) is 18.7 Å². The van der Waals surface area contributed by atoms with Crippen LogP contribution in [0.15, 0.2) is 63.5 Å². The number of carbonyl (C=O) groups is 1. The zero-order valence-corrected chi connectivity index (χ0v) is 18.1. The zero-order valence-electron chi connectivity index (χ0n) is 15.8. The summed E-state index contributed by atoms with van der Waals surface area (Å²) in [5, 5.41) is 4.93. The fraction of sp³-hybridized carbons (Fsp3) is 0.0952. The summed E-state index contributed by atoms with van der Waals surface area (Å²) in [5.74, 6) is -1.02. The second-order valence-corrected chi connectivity index (χ2v) is 8.39. The molecule has 0 bridgehead atoms. The van der Waals surface area contributed by atoms with Gasteiger partial charge in [0.2, 0.25) is 5.91 Å². The highest BCUT2D eigenvalue weighted by Crippen LogP contribution is 2.25. The minimum Gasteiger partial charge on any atom is -0.324 e. The smallest absolute Gasteiger partial charge is 0.324 e. The van der Waals surface area contributed by atoms with E-state index in [9.17, 15) is 18.8 Å². The summed E-state index contributed by atoms with van der Waals surface area (Å²) in [6.07, 6.45) is 0. The second kappa shape index (κ2) is 8.66. The molecule has 2 heterocycles. The quantitative estimate of drug-likeness (QED) is 0.464. The van der Waals surface area contributed by atoms with Crippen molar-refractivity contribution in [1.82, 2.24) is 9.13 Å². The van der Waals surface area contributed by atoms with Crippen LogP contribution in [0.5, 0.6) is 0 Å². The first-order valence-corrected chi connectivity index (χ1v) is 10.7. The molecular formula is C21H14Cl2FN3O3S. The Hall–Kier alpha value is -2.94. The zero-order chi connectivity index (χ0) is 22.1. The molecule has 4 aromatic rings. The number of amides is 1. The van der Waals surface area contributed by atoms with E-state index >= 15 is 0 Å². The van der Waals surface area contributed by atoms with Gasteiger partial charge < -0.3 is 5.32 Å². The van der Waals surface area contributed by atoms with Crippen LogP contribution in [0, 0.1) is 5.82 Å². The lowest BCUT2D eigenvalue weighted by molar-refractivity contribution is -0.116. The maximum absolute atomic E-state index is 14.1. The van der Waals surface area contributed by atoms with Crippen LogP contribution in [0.4, 0.5) is 10.1 Å². The van der Waals surface area contributed by atoms with Crippen LogP contribution in [0.1, 0.15) is 5.56 Å². The topological polar surface area (TPSA) is 73.1 Å². The van der Waals surface area contributed by atoms with Gasteiger partial charge in [-0.2, -0.15) is 0 Å². The highest BCUT2D eigenvalue weighted by Gasteiger charge is 2.18. The Morgan fingerprint density at radius 1 is 1.03 bits per heavy atom. The molecule has 0 atom stereocenters. The van der Waals surface area contributed by atoms with Gasteiger partial charge in [0.1, 0.15) is 17.1 Å². The molecule has 1 amide bonds. The van der Waals surface area contributed by atoms with Crippen molar-refractivity contribution in [2.24, 2.45) is 0 Å². The number of nitrogens with zero attached hydrogens (tertiary/aromatic N) is 2. The van der Waals surface area contributed by atoms with E-state index in [1.165, 1.54) is 34.9 Å². The summed E-state index contributed by atoms with van der Waals surface area (Å²) in [4.78, 5) is 38.5. The molecule has 0 aliphatic carbocycles. The van der Waals surface area contributed by atoms with Crippen molar-refractivity contribution >= 4 is 56.3 Å². The van der Waals surface area contributed by atoms with Gasteiger partial charge in [0.15, 0.2) is 0 Å². The number of hydrogen-bond acceptors (Lipinski definition) is 4. The van der Waals surface area contributed by atoms with Crippen molar-refractivity contribution in [3.05, 3.63) is 96.2 Å². The van der Waals surface area contributed by atoms with Crippen molar-refractivity contribution in [2.75, 3.05) is 5.32 Å². The van der Waals surface area contributed by atoms with E-state index < -0.39 is 23.0 Å². The summed E-state index contributed by atoms with van der Waals surface area (Å²) < 4.78 is 16.5. The lowest BCUT2D eigenvalue weighted by Crippen LogP contribution is -2.41. The Kier molecular flexibility index (Phi) is 5.95. The van der Waals surface area contributed by atoms with Crippen LogP contribution in [-0.2, 0) is 17.9 Å². The summed E-state index contributed by atoms with van der Waals surface area (Å²) in [7, 11) is 0.